The van der Waals surface area contributed by atoms with Gasteiger partial charge in [0.2, 0.25) is 0 Å². The zero-order valence-corrected chi connectivity index (χ0v) is 10.6. The van der Waals surface area contributed by atoms with Crippen LogP contribution in [-0.4, -0.2) is 42.0 Å². The Morgan fingerprint density at radius 3 is 3.00 bits per heavy atom. The summed E-state index contributed by atoms with van der Waals surface area (Å²) in [5, 5.41) is 9.48. The van der Waals surface area contributed by atoms with Crippen molar-refractivity contribution in [2.45, 2.75) is 18.9 Å². The summed E-state index contributed by atoms with van der Waals surface area (Å²) in [6.45, 7) is 0.506. The second-order valence-corrected chi connectivity index (χ2v) is 5.91. The second kappa shape index (κ2) is 5.09. The fourth-order valence-corrected chi connectivity index (χ4v) is 3.08. The smallest absolute Gasteiger partial charge is 0.302 e. The summed E-state index contributed by atoms with van der Waals surface area (Å²) in [5.41, 5.74) is 5.98. The number of aliphatic hydroxyl groups excluding tert-OH is 1. The van der Waals surface area contributed by atoms with Gasteiger partial charge >= 0.3 is 10.2 Å². The number of hydrogen-bond acceptors (Lipinski definition) is 5. The first-order valence-corrected chi connectivity index (χ1v) is 7.09. The highest BCUT2D eigenvalue weighted by Gasteiger charge is 2.28. The van der Waals surface area contributed by atoms with Crippen molar-refractivity contribution in [3.05, 3.63) is 18.3 Å². The van der Waals surface area contributed by atoms with Crippen LogP contribution < -0.4 is 10.5 Å². The number of nitrogens with zero attached hydrogens (tertiary/aromatic N) is 2. The molecule has 4 N–H and O–H groups in total. The summed E-state index contributed by atoms with van der Waals surface area (Å²) in [7, 11) is -3.68. The molecule has 1 fully saturated rings. The largest absolute Gasteiger partial charge is 0.399 e. The van der Waals surface area contributed by atoms with E-state index in [0.717, 1.165) is 0 Å². The second-order valence-electron chi connectivity index (χ2n) is 4.24. The van der Waals surface area contributed by atoms with Gasteiger partial charge in [0.1, 0.15) is 5.82 Å². The summed E-state index contributed by atoms with van der Waals surface area (Å²) in [6.07, 6.45) is 2.09. The van der Waals surface area contributed by atoms with E-state index < -0.39 is 16.3 Å². The van der Waals surface area contributed by atoms with Crippen LogP contribution in [0.4, 0.5) is 11.5 Å². The Labute approximate surface area is 106 Å². The van der Waals surface area contributed by atoms with Gasteiger partial charge in [0.05, 0.1) is 6.10 Å². The Bertz CT molecular complexity index is 520. The van der Waals surface area contributed by atoms with Gasteiger partial charge in [-0.1, -0.05) is 0 Å². The number of rotatable bonds is 3. The van der Waals surface area contributed by atoms with Crippen LogP contribution in [-0.2, 0) is 10.2 Å². The molecule has 2 rings (SSSR count). The maximum absolute atomic E-state index is 12.0. The van der Waals surface area contributed by atoms with Crippen LogP contribution >= 0.6 is 0 Å². The Morgan fingerprint density at radius 2 is 2.33 bits per heavy atom. The van der Waals surface area contributed by atoms with E-state index in [4.69, 9.17) is 5.73 Å². The summed E-state index contributed by atoms with van der Waals surface area (Å²) in [4.78, 5) is 3.88. The van der Waals surface area contributed by atoms with Gasteiger partial charge in [-0.05, 0) is 18.9 Å². The number of anilines is 2. The number of hydrogen-bond donors (Lipinski definition) is 3. The lowest BCUT2D eigenvalue weighted by atomic mass is 10.1. The maximum Gasteiger partial charge on any atom is 0.302 e. The van der Waals surface area contributed by atoms with Crippen LogP contribution in [0.15, 0.2) is 18.3 Å². The molecule has 0 saturated carbocycles. The highest BCUT2D eigenvalue weighted by atomic mass is 32.2. The van der Waals surface area contributed by atoms with Gasteiger partial charge in [0.25, 0.3) is 0 Å². The van der Waals surface area contributed by atoms with Crippen LogP contribution in [0.3, 0.4) is 0 Å². The van der Waals surface area contributed by atoms with Crippen molar-refractivity contribution in [1.29, 1.82) is 0 Å². The number of pyridine rings is 1. The predicted molar refractivity (Wildman–Crippen MR) is 68.0 cm³/mol. The molecule has 1 aliphatic rings. The molecular formula is C10H16N4O3S. The van der Waals surface area contributed by atoms with Crippen molar-refractivity contribution in [3.63, 3.8) is 0 Å². The molecule has 1 saturated heterocycles. The first kappa shape index (κ1) is 13.1. The molecule has 18 heavy (non-hydrogen) atoms. The Balaban J connectivity index is 2.11. The minimum atomic E-state index is -3.68. The molecule has 1 aliphatic heterocycles. The van der Waals surface area contributed by atoms with E-state index in [0.29, 0.717) is 25.1 Å². The van der Waals surface area contributed by atoms with Crippen LogP contribution in [0, 0.1) is 0 Å². The predicted octanol–water partition coefficient (Wildman–Crippen LogP) is -0.223. The van der Waals surface area contributed by atoms with Crippen LogP contribution in [0.25, 0.3) is 0 Å². The Hall–Kier alpha value is -1.38. The number of nitrogens with one attached hydrogen (secondary N) is 1. The van der Waals surface area contributed by atoms with E-state index in [9.17, 15) is 13.5 Å². The van der Waals surface area contributed by atoms with E-state index in [1.165, 1.54) is 16.6 Å². The standard InChI is InChI=1S/C10H16N4O3S/c11-8-3-4-12-10(6-8)13-18(16,17)14-5-1-2-9(15)7-14/h3-4,6,9,15H,1-2,5,7H2,(H3,11,12,13). The molecule has 1 aromatic rings. The monoisotopic (exact) mass is 272 g/mol. The van der Waals surface area contributed by atoms with Crippen molar-refractivity contribution in [2.75, 3.05) is 23.5 Å². The Kier molecular flexibility index (Phi) is 3.69. The molecule has 0 radical (unpaired) electrons. The van der Waals surface area contributed by atoms with Crippen molar-refractivity contribution in [2.24, 2.45) is 0 Å². The van der Waals surface area contributed by atoms with Gasteiger partial charge in [0, 0.05) is 31.0 Å². The van der Waals surface area contributed by atoms with E-state index in [1.54, 1.807) is 6.07 Å². The molecule has 0 bridgehead atoms. The zero-order chi connectivity index (χ0) is 13.2. The van der Waals surface area contributed by atoms with Gasteiger partial charge < -0.3 is 10.8 Å². The number of piperidine rings is 1. The fraction of sp³-hybridized carbons (Fsp3) is 0.500. The number of β-amino-alcohol motifs (C(OH)–C–C–N with tert-alkyl or cyclic N) is 1. The van der Waals surface area contributed by atoms with Crippen molar-refractivity contribution in [3.8, 4) is 0 Å². The van der Waals surface area contributed by atoms with Gasteiger partial charge in [-0.3, -0.25) is 4.72 Å². The molecule has 100 valence electrons. The van der Waals surface area contributed by atoms with E-state index >= 15 is 0 Å². The van der Waals surface area contributed by atoms with Crippen molar-refractivity contribution in [1.82, 2.24) is 9.29 Å². The molecule has 1 atom stereocenters. The molecule has 2 heterocycles. The van der Waals surface area contributed by atoms with E-state index in [-0.39, 0.29) is 12.4 Å². The third kappa shape index (κ3) is 3.09. The highest BCUT2D eigenvalue weighted by molar-refractivity contribution is 7.90. The summed E-state index contributed by atoms with van der Waals surface area (Å²) in [5.74, 6) is 0.176. The number of aliphatic hydroxyl groups is 1. The third-order valence-electron chi connectivity index (χ3n) is 2.72. The van der Waals surface area contributed by atoms with Gasteiger partial charge in [-0.15, -0.1) is 0 Å². The van der Waals surface area contributed by atoms with Crippen LogP contribution in [0.5, 0.6) is 0 Å². The lowest BCUT2D eigenvalue weighted by Crippen LogP contribution is -2.44. The highest BCUT2D eigenvalue weighted by Crippen LogP contribution is 2.16. The zero-order valence-electron chi connectivity index (χ0n) is 9.78. The molecule has 0 aliphatic carbocycles. The van der Waals surface area contributed by atoms with Crippen molar-refractivity contribution >= 4 is 21.7 Å². The average molecular weight is 272 g/mol. The summed E-state index contributed by atoms with van der Waals surface area (Å²) in [6, 6.07) is 3.01. The first-order valence-electron chi connectivity index (χ1n) is 5.65. The lowest BCUT2D eigenvalue weighted by Gasteiger charge is -2.29. The molecule has 7 nitrogen and oxygen atoms in total. The maximum atomic E-state index is 12.0. The number of nitrogens with two attached hydrogens (primary N) is 1. The molecule has 0 aromatic carbocycles. The van der Waals surface area contributed by atoms with Crippen LogP contribution in [0.2, 0.25) is 0 Å². The normalized spacial score (nSPS) is 21.7. The van der Waals surface area contributed by atoms with E-state index in [2.05, 4.69) is 9.71 Å². The molecule has 1 unspecified atom stereocenters. The lowest BCUT2D eigenvalue weighted by molar-refractivity contribution is 0.108. The van der Waals surface area contributed by atoms with Gasteiger partial charge in [-0.25, -0.2) is 4.98 Å². The SMILES string of the molecule is Nc1ccnc(NS(=O)(=O)N2CCCC(O)C2)c1. The third-order valence-corrected chi connectivity index (χ3v) is 4.20. The number of aromatic nitrogens is 1. The van der Waals surface area contributed by atoms with Crippen LogP contribution in [0.1, 0.15) is 12.8 Å². The first-order chi connectivity index (χ1) is 8.47. The summed E-state index contributed by atoms with van der Waals surface area (Å²) < 4.78 is 27.6. The van der Waals surface area contributed by atoms with Gasteiger partial charge in [0.15, 0.2) is 0 Å². The molecule has 0 spiro atoms. The van der Waals surface area contributed by atoms with Gasteiger partial charge in [-0.2, -0.15) is 12.7 Å². The summed E-state index contributed by atoms with van der Waals surface area (Å²) >= 11 is 0. The quantitative estimate of drug-likeness (QED) is 0.704. The molecular weight excluding hydrogens is 256 g/mol. The minimum absolute atomic E-state index is 0.109. The minimum Gasteiger partial charge on any atom is -0.399 e. The molecule has 0 amide bonds. The fourth-order valence-electron chi connectivity index (χ4n) is 1.84. The number of nitrogen functional groups attached to an aromatic ring is 1. The topological polar surface area (TPSA) is 109 Å². The Morgan fingerprint density at radius 1 is 1.56 bits per heavy atom. The molecule has 8 heteroatoms. The van der Waals surface area contributed by atoms with Crippen molar-refractivity contribution < 1.29 is 13.5 Å². The van der Waals surface area contributed by atoms with E-state index in [1.807, 2.05) is 0 Å². The molecule has 1 aromatic heterocycles. The average Bonchev–Trinajstić information content (AvgIpc) is 2.28.